The molecule has 1 aromatic carbocycles. The van der Waals surface area contributed by atoms with Gasteiger partial charge in [-0.1, -0.05) is 12.1 Å². The standard InChI is InChI=1S/C12H18N2O/c1-10(13)11-2-4-12(5-3-11)14-6-8-15-9-7-14/h2-5,10H,6-9,13H2,1H3. The predicted molar refractivity (Wildman–Crippen MR) is 62.1 cm³/mol. The van der Waals surface area contributed by atoms with Crippen LogP contribution < -0.4 is 10.6 Å². The first-order chi connectivity index (χ1) is 7.27. The average molecular weight is 206 g/mol. The van der Waals surface area contributed by atoms with Crippen LogP contribution in [0.25, 0.3) is 0 Å². The molecule has 1 fully saturated rings. The van der Waals surface area contributed by atoms with Gasteiger partial charge >= 0.3 is 0 Å². The highest BCUT2D eigenvalue weighted by atomic mass is 16.5. The van der Waals surface area contributed by atoms with Gasteiger partial charge in [-0.15, -0.1) is 0 Å². The third kappa shape index (κ3) is 2.49. The molecule has 1 aliphatic heterocycles. The van der Waals surface area contributed by atoms with Gasteiger partial charge in [0.25, 0.3) is 0 Å². The number of hydrogen-bond donors (Lipinski definition) is 1. The van der Waals surface area contributed by atoms with E-state index < -0.39 is 0 Å². The maximum absolute atomic E-state index is 5.81. The average Bonchev–Trinajstić information content (AvgIpc) is 2.30. The van der Waals surface area contributed by atoms with E-state index >= 15 is 0 Å². The molecule has 1 unspecified atom stereocenters. The molecule has 2 N–H and O–H groups in total. The summed E-state index contributed by atoms with van der Waals surface area (Å²) in [6.07, 6.45) is 0. The normalized spacial score (nSPS) is 18.9. The van der Waals surface area contributed by atoms with Crippen LogP contribution in [-0.2, 0) is 4.74 Å². The molecule has 2 rings (SSSR count). The van der Waals surface area contributed by atoms with Crippen LogP contribution in [0.3, 0.4) is 0 Å². The predicted octanol–water partition coefficient (Wildman–Crippen LogP) is 1.54. The third-order valence-corrected chi connectivity index (χ3v) is 2.80. The molecule has 0 aromatic heterocycles. The van der Waals surface area contributed by atoms with Crippen molar-refractivity contribution in [2.45, 2.75) is 13.0 Å². The van der Waals surface area contributed by atoms with Crippen LogP contribution in [0, 0.1) is 0 Å². The van der Waals surface area contributed by atoms with Gasteiger partial charge in [0.2, 0.25) is 0 Å². The number of nitrogens with two attached hydrogens (primary N) is 1. The summed E-state index contributed by atoms with van der Waals surface area (Å²) in [6, 6.07) is 8.61. The minimum atomic E-state index is 0.115. The third-order valence-electron chi connectivity index (χ3n) is 2.80. The van der Waals surface area contributed by atoms with E-state index in [0.717, 1.165) is 26.3 Å². The quantitative estimate of drug-likeness (QED) is 0.797. The van der Waals surface area contributed by atoms with Gasteiger partial charge in [-0.2, -0.15) is 0 Å². The van der Waals surface area contributed by atoms with Crippen LogP contribution in [0.15, 0.2) is 24.3 Å². The van der Waals surface area contributed by atoms with Gasteiger partial charge in [0, 0.05) is 24.8 Å². The molecule has 3 heteroatoms. The van der Waals surface area contributed by atoms with Gasteiger partial charge in [-0.3, -0.25) is 0 Å². The lowest BCUT2D eigenvalue weighted by molar-refractivity contribution is 0.122. The number of morpholine rings is 1. The highest BCUT2D eigenvalue weighted by molar-refractivity contribution is 5.48. The molecule has 1 aromatic rings. The first-order valence-electron chi connectivity index (χ1n) is 5.45. The highest BCUT2D eigenvalue weighted by Gasteiger charge is 2.10. The molecule has 3 nitrogen and oxygen atoms in total. The van der Waals surface area contributed by atoms with Crippen molar-refractivity contribution in [3.63, 3.8) is 0 Å². The maximum Gasteiger partial charge on any atom is 0.0642 e. The fourth-order valence-electron chi connectivity index (χ4n) is 1.81. The van der Waals surface area contributed by atoms with Crippen molar-refractivity contribution in [1.82, 2.24) is 0 Å². The Morgan fingerprint density at radius 1 is 1.20 bits per heavy atom. The molecule has 82 valence electrons. The Balaban J connectivity index is 2.08. The summed E-state index contributed by atoms with van der Waals surface area (Å²) in [5, 5.41) is 0. The second kappa shape index (κ2) is 4.64. The van der Waals surface area contributed by atoms with Crippen molar-refractivity contribution in [3.05, 3.63) is 29.8 Å². The number of nitrogens with zero attached hydrogens (tertiary/aromatic N) is 1. The van der Waals surface area contributed by atoms with Crippen molar-refractivity contribution in [3.8, 4) is 0 Å². The summed E-state index contributed by atoms with van der Waals surface area (Å²) >= 11 is 0. The molecule has 15 heavy (non-hydrogen) atoms. The molecule has 1 saturated heterocycles. The zero-order valence-corrected chi connectivity index (χ0v) is 9.15. The first kappa shape index (κ1) is 10.5. The lowest BCUT2D eigenvalue weighted by Gasteiger charge is -2.29. The van der Waals surface area contributed by atoms with Gasteiger partial charge in [0.05, 0.1) is 13.2 Å². The molecule has 1 atom stereocenters. The van der Waals surface area contributed by atoms with E-state index in [9.17, 15) is 0 Å². The number of anilines is 1. The first-order valence-corrected chi connectivity index (χ1v) is 5.45. The van der Waals surface area contributed by atoms with Crippen molar-refractivity contribution in [2.24, 2.45) is 5.73 Å². The van der Waals surface area contributed by atoms with Crippen molar-refractivity contribution in [1.29, 1.82) is 0 Å². The van der Waals surface area contributed by atoms with E-state index in [2.05, 4.69) is 29.2 Å². The Hall–Kier alpha value is -1.06. The van der Waals surface area contributed by atoms with Crippen LogP contribution in [0.1, 0.15) is 18.5 Å². The summed E-state index contributed by atoms with van der Waals surface area (Å²) in [5.41, 5.74) is 8.26. The van der Waals surface area contributed by atoms with Crippen molar-refractivity contribution >= 4 is 5.69 Å². The van der Waals surface area contributed by atoms with Crippen molar-refractivity contribution in [2.75, 3.05) is 31.2 Å². The Labute approximate surface area is 90.8 Å². The van der Waals surface area contributed by atoms with Gasteiger partial charge in [-0.05, 0) is 24.6 Å². The Morgan fingerprint density at radius 3 is 2.33 bits per heavy atom. The van der Waals surface area contributed by atoms with Gasteiger partial charge in [0.1, 0.15) is 0 Å². The largest absolute Gasteiger partial charge is 0.378 e. The highest BCUT2D eigenvalue weighted by Crippen LogP contribution is 2.18. The van der Waals surface area contributed by atoms with Gasteiger partial charge in [0.15, 0.2) is 0 Å². The summed E-state index contributed by atoms with van der Waals surface area (Å²) < 4.78 is 5.32. The monoisotopic (exact) mass is 206 g/mol. The second-order valence-electron chi connectivity index (χ2n) is 3.98. The summed E-state index contributed by atoms with van der Waals surface area (Å²) in [6.45, 7) is 5.63. The molecule has 1 heterocycles. The molecular formula is C12H18N2O. The summed E-state index contributed by atoms with van der Waals surface area (Å²) in [7, 11) is 0. The summed E-state index contributed by atoms with van der Waals surface area (Å²) in [4.78, 5) is 2.34. The maximum atomic E-state index is 5.81. The van der Waals surface area contributed by atoms with Crippen molar-refractivity contribution < 1.29 is 4.74 Å². The number of rotatable bonds is 2. The van der Waals surface area contributed by atoms with E-state index in [1.807, 2.05) is 6.92 Å². The van der Waals surface area contributed by atoms with Crippen LogP contribution in [0.2, 0.25) is 0 Å². The molecule has 0 saturated carbocycles. The van der Waals surface area contributed by atoms with E-state index in [-0.39, 0.29) is 6.04 Å². The summed E-state index contributed by atoms with van der Waals surface area (Å²) in [5.74, 6) is 0. The van der Waals surface area contributed by atoms with E-state index in [1.54, 1.807) is 0 Å². The molecule has 0 spiro atoms. The molecular weight excluding hydrogens is 188 g/mol. The molecule has 0 bridgehead atoms. The van der Waals surface area contributed by atoms with E-state index in [1.165, 1.54) is 11.3 Å². The number of benzene rings is 1. The fourth-order valence-corrected chi connectivity index (χ4v) is 1.81. The Kier molecular flexibility index (Phi) is 3.23. The lowest BCUT2D eigenvalue weighted by atomic mass is 10.1. The molecule has 1 aliphatic rings. The van der Waals surface area contributed by atoms with Crippen LogP contribution >= 0.6 is 0 Å². The van der Waals surface area contributed by atoms with Crippen LogP contribution in [-0.4, -0.2) is 26.3 Å². The van der Waals surface area contributed by atoms with Crippen LogP contribution in [0.5, 0.6) is 0 Å². The molecule has 0 aliphatic carbocycles. The van der Waals surface area contributed by atoms with E-state index in [0.29, 0.717) is 0 Å². The zero-order chi connectivity index (χ0) is 10.7. The Bertz CT molecular complexity index is 302. The number of ether oxygens (including phenoxy) is 1. The lowest BCUT2D eigenvalue weighted by Crippen LogP contribution is -2.36. The molecule has 0 radical (unpaired) electrons. The van der Waals surface area contributed by atoms with E-state index in [4.69, 9.17) is 10.5 Å². The topological polar surface area (TPSA) is 38.5 Å². The Morgan fingerprint density at radius 2 is 1.80 bits per heavy atom. The molecule has 0 amide bonds. The van der Waals surface area contributed by atoms with Crippen LogP contribution in [0.4, 0.5) is 5.69 Å². The van der Waals surface area contributed by atoms with Gasteiger partial charge < -0.3 is 15.4 Å². The minimum absolute atomic E-state index is 0.115. The number of hydrogen-bond acceptors (Lipinski definition) is 3. The second-order valence-corrected chi connectivity index (χ2v) is 3.98. The zero-order valence-electron chi connectivity index (χ0n) is 9.15. The minimum Gasteiger partial charge on any atom is -0.378 e. The van der Waals surface area contributed by atoms with Gasteiger partial charge in [-0.25, -0.2) is 0 Å². The fraction of sp³-hybridized carbons (Fsp3) is 0.500. The SMILES string of the molecule is CC(N)c1ccc(N2CCOCC2)cc1. The smallest absolute Gasteiger partial charge is 0.0642 e.